The smallest absolute Gasteiger partial charge is 0.355 e. The number of carbonyl (C=O) groups excluding carboxylic acids is 2. The van der Waals surface area contributed by atoms with Crippen LogP contribution in [-0.4, -0.2) is 45.4 Å². The third-order valence-corrected chi connectivity index (χ3v) is 9.03. The average molecular weight is 707 g/mol. The quantitative estimate of drug-likeness (QED) is 0.212. The van der Waals surface area contributed by atoms with Crippen molar-refractivity contribution in [2.75, 3.05) is 12.4 Å². The molecule has 0 saturated heterocycles. The lowest BCUT2D eigenvalue weighted by molar-refractivity contribution is -0.137. The molecule has 246 valence electrons. The van der Waals surface area contributed by atoms with Crippen LogP contribution >= 0.6 is 34.8 Å². The van der Waals surface area contributed by atoms with Gasteiger partial charge in [0.2, 0.25) is 5.95 Å². The van der Waals surface area contributed by atoms with E-state index in [1.165, 1.54) is 23.7 Å². The number of rotatable bonds is 7. The first-order valence-corrected chi connectivity index (χ1v) is 15.7. The van der Waals surface area contributed by atoms with Gasteiger partial charge in [-0.15, -0.1) is 0 Å². The lowest BCUT2D eigenvalue weighted by atomic mass is 9.98. The van der Waals surface area contributed by atoms with Gasteiger partial charge in [0.25, 0.3) is 17.4 Å². The third-order valence-electron chi connectivity index (χ3n) is 7.94. The van der Waals surface area contributed by atoms with Crippen LogP contribution in [0.5, 0.6) is 0 Å². The standard InChI is InChI=1S/C33H29Cl3F3N5O3/c1-17(12-20-4-8-22(15-26(20)35)33(37,38)39)41-32-42-28-16-43(30(46)21-7-11-25(34)27(36)14-21)18(2)13-24(28)31(47)44(32)23-9-5-19(6-10-23)29(45)40-3/h4-11,14-15,17-18H,12-13,16H2,1-3H3,(H,40,45)(H,41,42)/t17-,18+/m0/s1. The molecule has 2 N–H and O–H groups in total. The van der Waals surface area contributed by atoms with Crippen LogP contribution in [-0.2, 0) is 25.6 Å². The van der Waals surface area contributed by atoms with Crippen molar-refractivity contribution in [3.05, 3.63) is 120 Å². The van der Waals surface area contributed by atoms with Gasteiger partial charge in [0.1, 0.15) is 0 Å². The number of fused-ring (bicyclic) bond motifs is 1. The van der Waals surface area contributed by atoms with E-state index in [1.54, 1.807) is 48.2 Å². The molecule has 14 heteroatoms. The molecule has 1 aliphatic rings. The fraction of sp³-hybridized carbons (Fsp3) is 0.273. The Bertz CT molecular complexity index is 1910. The SMILES string of the molecule is CNC(=O)c1ccc(-n2c(N[C@@H](C)Cc3ccc(C(F)(F)F)cc3Cl)nc3c(c2=O)C[C@@H](C)N(C(=O)c2ccc(Cl)c(Cl)c2)C3)cc1. The van der Waals surface area contributed by atoms with Gasteiger partial charge >= 0.3 is 6.18 Å². The Morgan fingerprint density at radius 2 is 1.66 bits per heavy atom. The van der Waals surface area contributed by atoms with Gasteiger partial charge in [0.05, 0.1) is 33.5 Å². The molecular formula is C33H29Cl3F3N5O3. The fourth-order valence-corrected chi connectivity index (χ4v) is 6.01. The topological polar surface area (TPSA) is 96.3 Å². The van der Waals surface area contributed by atoms with Gasteiger partial charge < -0.3 is 15.5 Å². The molecule has 5 rings (SSSR count). The van der Waals surface area contributed by atoms with Crippen molar-refractivity contribution < 1.29 is 22.8 Å². The van der Waals surface area contributed by atoms with E-state index in [0.29, 0.717) is 38.7 Å². The minimum Gasteiger partial charge on any atom is -0.355 e. The molecule has 0 saturated carbocycles. The maximum Gasteiger partial charge on any atom is 0.416 e. The zero-order valence-corrected chi connectivity index (χ0v) is 27.7. The molecule has 3 aromatic carbocycles. The van der Waals surface area contributed by atoms with Crippen LogP contribution in [0.15, 0.2) is 65.5 Å². The molecule has 2 amide bonds. The second kappa shape index (κ2) is 13.6. The maximum absolute atomic E-state index is 14.1. The van der Waals surface area contributed by atoms with Gasteiger partial charge in [-0.2, -0.15) is 13.2 Å². The van der Waals surface area contributed by atoms with Crippen LogP contribution in [0.3, 0.4) is 0 Å². The van der Waals surface area contributed by atoms with Crippen LogP contribution < -0.4 is 16.2 Å². The molecular weight excluding hydrogens is 678 g/mol. The first-order chi connectivity index (χ1) is 22.2. The number of anilines is 1. The Morgan fingerprint density at radius 1 is 0.979 bits per heavy atom. The molecule has 0 fully saturated rings. The van der Waals surface area contributed by atoms with E-state index >= 15 is 0 Å². The van der Waals surface area contributed by atoms with Gasteiger partial charge in [-0.05, 0) is 86.8 Å². The molecule has 2 heterocycles. The summed E-state index contributed by atoms with van der Waals surface area (Å²) in [6, 6.07) is 13.4. The molecule has 47 heavy (non-hydrogen) atoms. The molecule has 0 aliphatic carbocycles. The van der Waals surface area contributed by atoms with Gasteiger partial charge in [-0.1, -0.05) is 40.9 Å². The largest absolute Gasteiger partial charge is 0.416 e. The number of amides is 2. The number of hydrogen-bond acceptors (Lipinski definition) is 5. The Morgan fingerprint density at radius 3 is 2.28 bits per heavy atom. The Kier molecular flexibility index (Phi) is 9.91. The van der Waals surface area contributed by atoms with Crippen LogP contribution in [0.1, 0.15) is 56.9 Å². The molecule has 0 spiro atoms. The van der Waals surface area contributed by atoms with Crippen LogP contribution in [0.4, 0.5) is 19.1 Å². The number of nitrogens with zero attached hydrogens (tertiary/aromatic N) is 3. The van der Waals surface area contributed by atoms with Gasteiger partial charge in [0, 0.05) is 40.8 Å². The summed E-state index contributed by atoms with van der Waals surface area (Å²) >= 11 is 18.4. The monoisotopic (exact) mass is 705 g/mol. The predicted molar refractivity (Wildman–Crippen MR) is 176 cm³/mol. The van der Waals surface area contributed by atoms with Crippen molar-refractivity contribution >= 4 is 52.6 Å². The highest BCUT2D eigenvalue weighted by Crippen LogP contribution is 2.33. The summed E-state index contributed by atoms with van der Waals surface area (Å²) in [7, 11) is 1.51. The molecule has 1 aliphatic heterocycles. The molecule has 0 bridgehead atoms. The van der Waals surface area contributed by atoms with Crippen molar-refractivity contribution in [3.8, 4) is 5.69 Å². The summed E-state index contributed by atoms with van der Waals surface area (Å²) in [6.45, 7) is 3.65. The second-order valence-electron chi connectivity index (χ2n) is 11.3. The lowest BCUT2D eigenvalue weighted by Gasteiger charge is -2.35. The number of nitrogens with one attached hydrogen (secondary N) is 2. The zero-order valence-electron chi connectivity index (χ0n) is 25.4. The summed E-state index contributed by atoms with van der Waals surface area (Å²) in [4.78, 5) is 46.2. The van der Waals surface area contributed by atoms with E-state index in [0.717, 1.165) is 12.1 Å². The normalized spacial score (nSPS) is 15.2. The first kappa shape index (κ1) is 34.3. The summed E-state index contributed by atoms with van der Waals surface area (Å²) in [5, 5.41) is 6.29. The predicted octanol–water partition coefficient (Wildman–Crippen LogP) is 7.20. The van der Waals surface area contributed by atoms with E-state index in [9.17, 15) is 27.6 Å². The number of hydrogen-bond donors (Lipinski definition) is 2. The second-order valence-corrected chi connectivity index (χ2v) is 12.5. The van der Waals surface area contributed by atoms with E-state index in [4.69, 9.17) is 39.8 Å². The highest BCUT2D eigenvalue weighted by Gasteiger charge is 2.33. The third kappa shape index (κ3) is 7.27. The van der Waals surface area contributed by atoms with Crippen molar-refractivity contribution in [3.63, 3.8) is 0 Å². The summed E-state index contributed by atoms with van der Waals surface area (Å²) in [5.41, 5.74) is 1.22. The molecule has 1 aromatic heterocycles. The Hall–Kier alpha value is -4.06. The van der Waals surface area contributed by atoms with E-state index in [-0.39, 0.29) is 58.8 Å². The van der Waals surface area contributed by atoms with E-state index in [1.807, 2.05) is 6.92 Å². The molecule has 2 atom stereocenters. The lowest BCUT2D eigenvalue weighted by Crippen LogP contribution is -2.46. The van der Waals surface area contributed by atoms with Crippen LogP contribution in [0.25, 0.3) is 5.69 Å². The van der Waals surface area contributed by atoms with Gasteiger partial charge in [-0.3, -0.25) is 14.4 Å². The van der Waals surface area contributed by atoms with E-state index < -0.39 is 17.8 Å². The zero-order chi connectivity index (χ0) is 34.2. The molecule has 8 nitrogen and oxygen atoms in total. The van der Waals surface area contributed by atoms with E-state index in [2.05, 4.69) is 10.6 Å². The van der Waals surface area contributed by atoms with Gasteiger partial charge in [-0.25, -0.2) is 9.55 Å². The average Bonchev–Trinajstić information content (AvgIpc) is 3.02. The summed E-state index contributed by atoms with van der Waals surface area (Å²) in [5.74, 6) is -0.459. The minimum atomic E-state index is -4.53. The molecule has 0 unspecified atom stereocenters. The number of benzene rings is 3. The maximum atomic E-state index is 14.1. The number of carbonyl (C=O) groups is 2. The van der Waals surface area contributed by atoms with Crippen molar-refractivity contribution in [2.45, 2.75) is 51.5 Å². The number of alkyl halides is 3. The van der Waals surface area contributed by atoms with Gasteiger partial charge in [0.15, 0.2) is 0 Å². The molecule has 0 radical (unpaired) electrons. The van der Waals surface area contributed by atoms with Crippen molar-refractivity contribution in [1.29, 1.82) is 0 Å². The summed E-state index contributed by atoms with van der Waals surface area (Å²) in [6.07, 6.45) is -4.10. The minimum absolute atomic E-state index is 0.0368. The van der Waals surface area contributed by atoms with Crippen LogP contribution in [0.2, 0.25) is 15.1 Å². The Labute approximate surface area is 283 Å². The molecule has 4 aromatic rings. The highest BCUT2D eigenvalue weighted by atomic mass is 35.5. The highest BCUT2D eigenvalue weighted by molar-refractivity contribution is 6.42. The number of aromatic nitrogens is 2. The van der Waals surface area contributed by atoms with Crippen LogP contribution in [0, 0.1) is 0 Å². The number of halogens is 6. The van der Waals surface area contributed by atoms with Crippen molar-refractivity contribution in [2.24, 2.45) is 0 Å². The Balaban J connectivity index is 1.53. The fourth-order valence-electron chi connectivity index (χ4n) is 5.46. The summed E-state index contributed by atoms with van der Waals surface area (Å²) < 4.78 is 40.9. The first-order valence-electron chi connectivity index (χ1n) is 14.5. The van der Waals surface area contributed by atoms with Crippen molar-refractivity contribution in [1.82, 2.24) is 19.8 Å².